The smallest absolute Gasteiger partial charge is 0.187 e. The molecule has 26 heavy (non-hydrogen) atoms. The predicted octanol–water partition coefficient (Wildman–Crippen LogP) is 3.27. The van der Waals surface area contributed by atoms with Crippen molar-refractivity contribution in [1.29, 1.82) is 0 Å². The van der Waals surface area contributed by atoms with E-state index >= 15 is 0 Å². The summed E-state index contributed by atoms with van der Waals surface area (Å²) in [5, 5.41) is 3.47. The van der Waals surface area contributed by atoms with Gasteiger partial charge in [-0.15, -0.1) is 0 Å². The Hall–Kier alpha value is -2.31. The van der Waals surface area contributed by atoms with Gasteiger partial charge in [0.1, 0.15) is 18.0 Å². The second kappa shape index (κ2) is 6.45. The summed E-state index contributed by atoms with van der Waals surface area (Å²) in [6.07, 6.45) is 6.56. The second-order valence-corrected chi connectivity index (χ2v) is 8.26. The number of aromatic nitrogens is 4. The molecular weight excluding hydrogens is 331 g/mol. The van der Waals surface area contributed by atoms with E-state index in [0.717, 1.165) is 24.6 Å². The Kier molecular flexibility index (Phi) is 4.25. The van der Waals surface area contributed by atoms with Crippen LogP contribution in [0.5, 0.6) is 0 Å². The molecule has 1 aliphatic heterocycles. The van der Waals surface area contributed by atoms with Gasteiger partial charge in [0.25, 0.3) is 0 Å². The van der Waals surface area contributed by atoms with E-state index in [2.05, 4.69) is 25.3 Å². The summed E-state index contributed by atoms with van der Waals surface area (Å²) in [4.78, 5) is 19.3. The fourth-order valence-electron chi connectivity index (χ4n) is 3.38. The maximum atomic E-state index is 14.9. The molecule has 1 saturated carbocycles. The van der Waals surface area contributed by atoms with Gasteiger partial charge >= 0.3 is 0 Å². The van der Waals surface area contributed by atoms with Gasteiger partial charge in [-0.2, -0.15) is 0 Å². The van der Waals surface area contributed by atoms with Gasteiger partial charge in [0.05, 0.1) is 5.69 Å². The molecule has 1 N–H and O–H groups in total. The zero-order chi connectivity index (χ0) is 18.3. The van der Waals surface area contributed by atoms with Gasteiger partial charge in [-0.1, -0.05) is 20.8 Å². The largest absolute Gasteiger partial charge is 0.365 e. The van der Waals surface area contributed by atoms with Crippen molar-refractivity contribution in [2.75, 3.05) is 23.3 Å². The molecule has 2 aromatic heterocycles. The van der Waals surface area contributed by atoms with Gasteiger partial charge < -0.3 is 10.2 Å². The van der Waals surface area contributed by atoms with Crippen molar-refractivity contribution in [2.24, 2.45) is 0 Å². The number of hydrogen-bond donors (Lipinski definition) is 1. The van der Waals surface area contributed by atoms with Crippen molar-refractivity contribution < 1.29 is 4.39 Å². The number of nitrogens with zero attached hydrogens (tertiary/aromatic N) is 5. The molecule has 2 aliphatic rings. The Morgan fingerprint density at radius 1 is 1.15 bits per heavy atom. The van der Waals surface area contributed by atoms with Crippen molar-refractivity contribution in [1.82, 2.24) is 19.9 Å². The first-order chi connectivity index (χ1) is 12.4. The average molecular weight is 356 g/mol. The van der Waals surface area contributed by atoms with E-state index in [4.69, 9.17) is 0 Å². The van der Waals surface area contributed by atoms with Crippen LogP contribution < -0.4 is 10.2 Å². The van der Waals surface area contributed by atoms with Crippen LogP contribution in [0.2, 0.25) is 0 Å². The lowest BCUT2D eigenvalue weighted by Gasteiger charge is -2.23. The predicted molar refractivity (Wildman–Crippen MR) is 98.9 cm³/mol. The Morgan fingerprint density at radius 3 is 2.69 bits per heavy atom. The first kappa shape index (κ1) is 17.1. The standard InChI is InChI=1S/C19H25FN6/c1-19(2,3)16-15(20)18(23-11-22-16)26-9-7-13(10-26)24-14-6-8-21-17(25-14)12-4-5-12/h6,8,11-13H,4-5,7,9-10H2,1-3H3,(H,21,24,25). The zero-order valence-electron chi connectivity index (χ0n) is 15.5. The molecule has 1 atom stereocenters. The topological polar surface area (TPSA) is 66.8 Å². The lowest BCUT2D eigenvalue weighted by atomic mass is 9.91. The molecule has 1 aliphatic carbocycles. The molecule has 0 spiro atoms. The molecule has 0 aromatic carbocycles. The number of halogens is 1. The summed E-state index contributed by atoms with van der Waals surface area (Å²) >= 11 is 0. The van der Waals surface area contributed by atoms with Gasteiger partial charge in [0.15, 0.2) is 11.6 Å². The van der Waals surface area contributed by atoms with Gasteiger partial charge in [-0.25, -0.2) is 24.3 Å². The highest BCUT2D eigenvalue weighted by Gasteiger charge is 2.30. The van der Waals surface area contributed by atoms with Crippen LogP contribution in [0.1, 0.15) is 57.5 Å². The fraction of sp³-hybridized carbons (Fsp3) is 0.579. The molecule has 0 amide bonds. The van der Waals surface area contributed by atoms with Gasteiger partial charge in [0.2, 0.25) is 0 Å². The van der Waals surface area contributed by atoms with Crippen LogP contribution in [-0.4, -0.2) is 39.1 Å². The van der Waals surface area contributed by atoms with E-state index in [1.807, 2.05) is 37.9 Å². The van der Waals surface area contributed by atoms with Crippen molar-refractivity contribution in [3.63, 3.8) is 0 Å². The maximum absolute atomic E-state index is 14.9. The van der Waals surface area contributed by atoms with Crippen molar-refractivity contribution >= 4 is 11.6 Å². The summed E-state index contributed by atoms with van der Waals surface area (Å²) in [7, 11) is 0. The molecule has 4 rings (SSSR count). The van der Waals surface area contributed by atoms with Crippen LogP contribution >= 0.6 is 0 Å². The third-order valence-corrected chi connectivity index (χ3v) is 4.94. The Bertz CT molecular complexity index is 799. The number of nitrogens with one attached hydrogen (secondary N) is 1. The number of rotatable bonds is 4. The summed E-state index contributed by atoms with van der Waals surface area (Å²) in [6.45, 7) is 7.34. The van der Waals surface area contributed by atoms with E-state index in [9.17, 15) is 4.39 Å². The lowest BCUT2D eigenvalue weighted by Crippen LogP contribution is -2.29. The SMILES string of the molecule is CC(C)(C)c1ncnc(N2CCC(Nc3ccnc(C4CC4)n3)C2)c1F. The molecule has 0 radical (unpaired) electrons. The highest BCUT2D eigenvalue weighted by Crippen LogP contribution is 2.38. The van der Waals surface area contributed by atoms with Gasteiger partial charge in [0, 0.05) is 36.7 Å². The van der Waals surface area contributed by atoms with Crippen LogP contribution in [0.25, 0.3) is 0 Å². The summed E-state index contributed by atoms with van der Waals surface area (Å²) in [5.41, 5.74) is 0.114. The summed E-state index contributed by atoms with van der Waals surface area (Å²) in [5.74, 6) is 2.41. The van der Waals surface area contributed by atoms with Crippen molar-refractivity contribution in [3.05, 3.63) is 35.9 Å². The summed E-state index contributed by atoms with van der Waals surface area (Å²) < 4.78 is 14.9. The quantitative estimate of drug-likeness (QED) is 0.907. The molecule has 7 heteroatoms. The van der Waals surface area contributed by atoms with Gasteiger partial charge in [-0.05, 0) is 25.3 Å². The molecule has 1 saturated heterocycles. The molecule has 138 valence electrons. The van der Waals surface area contributed by atoms with Crippen molar-refractivity contribution in [3.8, 4) is 0 Å². The van der Waals surface area contributed by atoms with Crippen LogP contribution in [-0.2, 0) is 5.41 Å². The minimum atomic E-state index is -0.348. The van der Waals surface area contributed by atoms with Crippen LogP contribution in [0, 0.1) is 5.82 Å². The molecule has 3 heterocycles. The minimum absolute atomic E-state index is 0.212. The zero-order valence-corrected chi connectivity index (χ0v) is 15.5. The van der Waals surface area contributed by atoms with E-state index < -0.39 is 0 Å². The summed E-state index contributed by atoms with van der Waals surface area (Å²) in [6, 6.07) is 2.11. The highest BCUT2D eigenvalue weighted by atomic mass is 19.1. The highest BCUT2D eigenvalue weighted by molar-refractivity contribution is 5.45. The number of anilines is 2. The molecule has 1 unspecified atom stereocenters. The first-order valence-corrected chi connectivity index (χ1v) is 9.27. The number of hydrogen-bond acceptors (Lipinski definition) is 6. The Balaban J connectivity index is 1.46. The molecule has 2 aromatic rings. The maximum Gasteiger partial charge on any atom is 0.187 e. The van der Waals surface area contributed by atoms with Crippen LogP contribution in [0.4, 0.5) is 16.0 Å². The molecular formula is C19H25FN6. The van der Waals surface area contributed by atoms with E-state index in [1.165, 1.54) is 19.2 Å². The van der Waals surface area contributed by atoms with Crippen LogP contribution in [0.15, 0.2) is 18.6 Å². The lowest BCUT2D eigenvalue weighted by molar-refractivity contribution is 0.497. The fourth-order valence-corrected chi connectivity index (χ4v) is 3.38. The monoisotopic (exact) mass is 356 g/mol. The second-order valence-electron chi connectivity index (χ2n) is 8.26. The molecule has 0 bridgehead atoms. The van der Waals surface area contributed by atoms with Crippen molar-refractivity contribution in [2.45, 2.75) is 57.4 Å². The molecule has 6 nitrogen and oxygen atoms in total. The van der Waals surface area contributed by atoms with E-state index in [0.29, 0.717) is 24.0 Å². The Labute approximate surface area is 153 Å². The van der Waals surface area contributed by atoms with Gasteiger partial charge in [-0.3, -0.25) is 0 Å². The molecule has 2 fully saturated rings. The average Bonchev–Trinajstić information content (AvgIpc) is 3.35. The van der Waals surface area contributed by atoms with Crippen LogP contribution in [0.3, 0.4) is 0 Å². The Morgan fingerprint density at radius 2 is 1.96 bits per heavy atom. The third kappa shape index (κ3) is 3.48. The normalized spacial score (nSPS) is 20.5. The van der Waals surface area contributed by atoms with E-state index in [1.54, 1.807) is 0 Å². The van der Waals surface area contributed by atoms with E-state index in [-0.39, 0.29) is 17.3 Å². The minimum Gasteiger partial charge on any atom is -0.365 e. The first-order valence-electron chi connectivity index (χ1n) is 9.27. The third-order valence-electron chi connectivity index (χ3n) is 4.94.